The van der Waals surface area contributed by atoms with Gasteiger partial charge in [-0.3, -0.25) is 0 Å². The summed E-state index contributed by atoms with van der Waals surface area (Å²) >= 11 is 0. The topological polar surface area (TPSA) is 119 Å². The number of rotatable bonds is 2. The molecule has 2 rings (SSSR count). The van der Waals surface area contributed by atoms with Crippen LogP contribution in [0.2, 0.25) is 0 Å². The van der Waals surface area contributed by atoms with Crippen molar-refractivity contribution in [2.75, 3.05) is 0 Å². The van der Waals surface area contributed by atoms with Crippen molar-refractivity contribution in [3.8, 4) is 11.5 Å². The van der Waals surface area contributed by atoms with Crippen molar-refractivity contribution in [3.05, 3.63) is 35.2 Å². The van der Waals surface area contributed by atoms with E-state index in [9.17, 15) is 18.3 Å². The molecule has 0 aromatic heterocycles. The number of ether oxygens (including phenoxy) is 1. The standard InChI is InChI=1S/C10H8N2O5S/c11-9-5-8(18(15,16)12-9)10(14)17-7-4-2-1-3-6(7)13/h1-5,13H,(H2,11,12). The highest BCUT2D eigenvalue weighted by Gasteiger charge is 2.31. The average Bonchev–Trinajstić information content (AvgIpc) is 2.55. The van der Waals surface area contributed by atoms with Gasteiger partial charge in [0.25, 0.3) is 10.0 Å². The van der Waals surface area contributed by atoms with Gasteiger partial charge in [-0.2, -0.15) is 8.42 Å². The molecule has 3 N–H and O–H groups in total. The molecule has 1 aliphatic heterocycles. The summed E-state index contributed by atoms with van der Waals surface area (Å²) in [5, 5.41) is 9.38. The molecule has 0 fully saturated rings. The van der Waals surface area contributed by atoms with E-state index in [4.69, 9.17) is 10.5 Å². The number of hydrogen-bond donors (Lipinski definition) is 2. The van der Waals surface area contributed by atoms with Crippen LogP contribution < -0.4 is 10.5 Å². The molecule has 1 heterocycles. The predicted octanol–water partition coefficient (Wildman–Crippen LogP) is -0.118. The quantitative estimate of drug-likeness (QED) is 0.570. The van der Waals surface area contributed by atoms with Crippen molar-refractivity contribution in [2.45, 2.75) is 0 Å². The van der Waals surface area contributed by atoms with Gasteiger partial charge in [-0.15, -0.1) is 4.40 Å². The molecule has 1 aromatic rings. The summed E-state index contributed by atoms with van der Waals surface area (Å²) in [7, 11) is -4.10. The third-order valence-electron chi connectivity index (χ3n) is 2.05. The van der Waals surface area contributed by atoms with Crippen LogP contribution in [-0.2, 0) is 14.8 Å². The number of para-hydroxylation sites is 2. The number of nitrogens with two attached hydrogens (primary N) is 1. The first-order valence-corrected chi connectivity index (χ1v) is 6.16. The van der Waals surface area contributed by atoms with Gasteiger partial charge in [0.1, 0.15) is 5.84 Å². The van der Waals surface area contributed by atoms with Crippen molar-refractivity contribution in [3.63, 3.8) is 0 Å². The molecule has 8 heteroatoms. The Hall–Kier alpha value is -2.35. The van der Waals surface area contributed by atoms with E-state index in [2.05, 4.69) is 4.40 Å². The smallest absolute Gasteiger partial charge is 0.357 e. The minimum Gasteiger partial charge on any atom is -0.504 e. The number of hydrogen-bond acceptors (Lipinski definition) is 6. The van der Waals surface area contributed by atoms with Gasteiger partial charge in [-0.1, -0.05) is 12.1 Å². The van der Waals surface area contributed by atoms with Crippen LogP contribution in [0.15, 0.2) is 39.6 Å². The zero-order chi connectivity index (χ0) is 13.3. The molecular formula is C10H8N2O5S. The van der Waals surface area contributed by atoms with Gasteiger partial charge >= 0.3 is 5.97 Å². The first-order valence-electron chi connectivity index (χ1n) is 4.72. The second-order valence-electron chi connectivity index (χ2n) is 3.36. The molecule has 0 saturated carbocycles. The van der Waals surface area contributed by atoms with Gasteiger partial charge in [0, 0.05) is 6.08 Å². The van der Waals surface area contributed by atoms with E-state index in [1.165, 1.54) is 24.3 Å². The maximum Gasteiger partial charge on any atom is 0.357 e. The van der Waals surface area contributed by atoms with Crippen molar-refractivity contribution >= 4 is 21.8 Å². The fourth-order valence-electron chi connectivity index (χ4n) is 1.28. The lowest BCUT2D eigenvalue weighted by molar-refractivity contribution is -0.129. The van der Waals surface area contributed by atoms with Crippen LogP contribution in [0.5, 0.6) is 11.5 Å². The largest absolute Gasteiger partial charge is 0.504 e. The number of nitrogens with zero attached hydrogens (tertiary/aromatic N) is 1. The second kappa shape index (κ2) is 4.15. The third kappa shape index (κ3) is 2.18. The van der Waals surface area contributed by atoms with Crippen LogP contribution in [0.1, 0.15) is 0 Å². The molecule has 0 bridgehead atoms. The normalized spacial score (nSPS) is 16.9. The second-order valence-corrected chi connectivity index (χ2v) is 4.93. The van der Waals surface area contributed by atoms with Crippen LogP contribution in [0.25, 0.3) is 0 Å². The van der Waals surface area contributed by atoms with Crippen LogP contribution in [0.3, 0.4) is 0 Å². The Labute approximate surface area is 102 Å². The Morgan fingerprint density at radius 2 is 2.00 bits per heavy atom. The molecule has 1 aliphatic rings. The summed E-state index contributed by atoms with van der Waals surface area (Å²) in [6.45, 7) is 0. The lowest BCUT2D eigenvalue weighted by atomic mass is 10.3. The Bertz CT molecular complexity index is 675. The van der Waals surface area contributed by atoms with E-state index in [1.807, 2.05) is 0 Å². The molecule has 7 nitrogen and oxygen atoms in total. The van der Waals surface area contributed by atoms with Crippen LogP contribution in [0, 0.1) is 0 Å². The molecule has 0 saturated heterocycles. The molecular weight excluding hydrogens is 260 g/mol. The van der Waals surface area contributed by atoms with Crippen molar-refractivity contribution in [2.24, 2.45) is 10.1 Å². The van der Waals surface area contributed by atoms with Crippen molar-refractivity contribution in [1.82, 2.24) is 0 Å². The number of carbonyl (C=O) groups is 1. The summed E-state index contributed by atoms with van der Waals surface area (Å²) < 4.78 is 30.6. The van der Waals surface area contributed by atoms with Gasteiger partial charge in [0.15, 0.2) is 16.4 Å². The molecule has 1 aromatic carbocycles. The molecule has 0 aliphatic carbocycles. The van der Waals surface area contributed by atoms with Gasteiger partial charge in [-0.25, -0.2) is 4.79 Å². The van der Waals surface area contributed by atoms with Crippen LogP contribution in [-0.4, -0.2) is 25.3 Å². The number of esters is 1. The third-order valence-corrected chi connectivity index (χ3v) is 3.34. The Morgan fingerprint density at radius 3 is 2.56 bits per heavy atom. The molecule has 94 valence electrons. The number of aromatic hydroxyl groups is 1. The Morgan fingerprint density at radius 1 is 1.33 bits per heavy atom. The van der Waals surface area contributed by atoms with E-state index in [0.717, 1.165) is 6.08 Å². The zero-order valence-electron chi connectivity index (χ0n) is 8.90. The molecule has 0 atom stereocenters. The highest BCUT2D eigenvalue weighted by Crippen LogP contribution is 2.26. The fraction of sp³-hybridized carbons (Fsp3) is 0. The highest BCUT2D eigenvalue weighted by molar-refractivity contribution is 7.95. The van der Waals surface area contributed by atoms with Gasteiger partial charge in [0.05, 0.1) is 0 Å². The minimum atomic E-state index is -4.10. The molecule has 0 unspecified atom stereocenters. The lowest BCUT2D eigenvalue weighted by Gasteiger charge is -2.05. The summed E-state index contributed by atoms with van der Waals surface area (Å²) in [5.74, 6) is -1.88. The van der Waals surface area contributed by atoms with Crippen LogP contribution >= 0.6 is 0 Å². The lowest BCUT2D eigenvalue weighted by Crippen LogP contribution is -2.15. The maximum absolute atomic E-state index is 11.6. The molecule has 18 heavy (non-hydrogen) atoms. The van der Waals surface area contributed by atoms with E-state index < -0.39 is 20.9 Å². The molecule has 0 amide bonds. The minimum absolute atomic E-state index is 0.149. The monoisotopic (exact) mass is 268 g/mol. The van der Waals surface area contributed by atoms with E-state index in [1.54, 1.807) is 0 Å². The predicted molar refractivity (Wildman–Crippen MR) is 62.4 cm³/mol. The highest BCUT2D eigenvalue weighted by atomic mass is 32.2. The SMILES string of the molecule is NC1=NS(=O)(=O)C(C(=O)Oc2ccccc2O)=C1. The van der Waals surface area contributed by atoms with Crippen molar-refractivity contribution in [1.29, 1.82) is 0 Å². The molecule has 0 radical (unpaired) electrons. The Kier molecular flexibility index (Phi) is 2.79. The van der Waals surface area contributed by atoms with Crippen molar-refractivity contribution < 1.29 is 23.1 Å². The van der Waals surface area contributed by atoms with Crippen LogP contribution in [0.4, 0.5) is 0 Å². The van der Waals surface area contributed by atoms with E-state index in [-0.39, 0.29) is 17.3 Å². The van der Waals surface area contributed by atoms with E-state index >= 15 is 0 Å². The summed E-state index contributed by atoms with van der Waals surface area (Å²) in [6, 6.07) is 5.66. The number of phenols is 1. The van der Waals surface area contributed by atoms with Gasteiger partial charge < -0.3 is 15.6 Å². The van der Waals surface area contributed by atoms with Gasteiger partial charge in [-0.05, 0) is 12.1 Å². The first-order chi connectivity index (χ1) is 8.40. The zero-order valence-corrected chi connectivity index (χ0v) is 9.72. The Balaban J connectivity index is 2.26. The fourth-order valence-corrected chi connectivity index (χ4v) is 2.23. The summed E-state index contributed by atoms with van der Waals surface area (Å²) in [4.78, 5) is 11.0. The summed E-state index contributed by atoms with van der Waals surface area (Å²) in [6.07, 6.45) is 0.900. The summed E-state index contributed by atoms with van der Waals surface area (Å²) in [5.41, 5.74) is 5.20. The number of sulfonamides is 1. The number of phenolic OH excluding ortho intramolecular Hbond substituents is 1. The average molecular weight is 268 g/mol. The van der Waals surface area contributed by atoms with Gasteiger partial charge in [0.2, 0.25) is 0 Å². The van der Waals surface area contributed by atoms with E-state index in [0.29, 0.717) is 0 Å². The first kappa shape index (κ1) is 12.1. The maximum atomic E-state index is 11.6. The number of benzene rings is 1. The molecule has 0 spiro atoms. The number of amidine groups is 1. The number of carbonyl (C=O) groups excluding carboxylic acids is 1.